The Morgan fingerprint density at radius 1 is 0.950 bits per heavy atom. The van der Waals surface area contributed by atoms with Crippen LogP contribution in [0.1, 0.15) is 310 Å². The minimum Gasteiger partial charge on any atom is -0.487 e. The lowest BCUT2D eigenvalue weighted by Crippen LogP contribution is -2.68. The van der Waals surface area contributed by atoms with Crippen molar-refractivity contribution in [2.45, 2.75) is 125 Å². The molecule has 2 aromatic rings. The van der Waals surface area contributed by atoms with Crippen molar-refractivity contribution in [3.8, 4) is 11.5 Å². The summed E-state index contributed by atoms with van der Waals surface area (Å²) in [7, 11) is 0. The third-order valence-corrected chi connectivity index (χ3v) is 11.0. The van der Waals surface area contributed by atoms with Crippen LogP contribution in [0.4, 0.5) is 0 Å². The summed E-state index contributed by atoms with van der Waals surface area (Å²) in [5, 5.41) is 0. The number of likely N-dealkylation sites (tertiary alicyclic amines) is 1. The van der Waals surface area contributed by atoms with Crippen molar-refractivity contribution >= 4 is 5.78 Å². The maximum absolute atomic E-state index is 14.1. The van der Waals surface area contributed by atoms with Crippen molar-refractivity contribution in [2.24, 2.45) is 16.7 Å². The molecule has 2 aromatic carbocycles. The molecule has 0 aromatic heterocycles. The molecule has 40 heavy (non-hydrogen) atoms. The molecule has 1 saturated heterocycles. The largest absolute Gasteiger partial charge is 0.487 e. The second-order valence-corrected chi connectivity index (χ2v) is 14.8. The third-order valence-electron chi connectivity index (χ3n) is 11.0. The van der Waals surface area contributed by atoms with Gasteiger partial charge in [0.05, 0.1) is 12.2 Å². The van der Waals surface area contributed by atoms with E-state index in [1.54, 1.807) is 0 Å². The van der Waals surface area contributed by atoms with Gasteiger partial charge in [-0.15, -0.1) is 0 Å². The molecule has 0 bridgehead atoms. The van der Waals surface area contributed by atoms with Crippen LogP contribution >= 0.6 is 0 Å². The van der Waals surface area contributed by atoms with E-state index in [0.717, 1.165) is 36.3 Å². The number of hydrogen-bond acceptors (Lipinski definition) is 4. The normalized spacial score (nSPS) is 26.3. The highest BCUT2D eigenvalue weighted by Gasteiger charge is 2.60. The molecule has 0 radical (unpaired) electrons. The molecule has 1 aliphatic heterocycles. The number of rotatable bonds is 8. The summed E-state index contributed by atoms with van der Waals surface area (Å²) in [5.74, 6) is 1.76. The van der Waals surface area contributed by atoms with Crippen LogP contribution in [0, 0.1) is 16.7 Å². The zero-order valence-corrected chi connectivity index (χ0v) is 27.1. The monoisotopic (exact) mass is 811 g/mol. The van der Waals surface area contributed by atoms with Crippen LogP contribution in [0.2, 0.25) is 0 Å². The lowest BCUT2D eigenvalue weighted by molar-refractivity contribution is -0.163. The lowest BCUT2D eigenvalue weighted by Gasteiger charge is -2.66. The molecular weight excluding hydrogens is 494 g/mol. The first-order chi connectivity index (χ1) is 18.4. The number of Topliss-reactive ketones (excluding diaryl/α,β-unsaturated/α-hetero) is 1. The standard InChI is InChI=1S/C36H53NO3.131H2/c1-23(2)39-30-20-27-25(5)29(32(38)28(27)21-31(30)40-24(3)4)22-36(12)18-19-37(35(10,11)34(36,8)9)33(6,7)26-16-14-13-15-17-26;;;;;;;;;;;;;;;;;;;;;;;;;;;;;;;;;;;;;;;;;;;;;;;;;;;;;;;;;;;;;;;;;;;;;;;;;;;;;;;;;;;;;;;;;;;;;;;;;;;;;;;;;;;;;;;;;;;;;;;;;;;;;;;;;;;/h13-17,20-21,23-25,29H,18-19,22H2,1-12H3;131*1H. The van der Waals surface area contributed by atoms with Gasteiger partial charge >= 0.3 is 0 Å². The van der Waals surface area contributed by atoms with Crippen molar-refractivity contribution in [2.75, 3.05) is 6.54 Å². The van der Waals surface area contributed by atoms with Gasteiger partial charge < -0.3 is 9.47 Å². The van der Waals surface area contributed by atoms with Crippen molar-refractivity contribution in [3.05, 3.63) is 59.2 Å². The summed E-state index contributed by atoms with van der Waals surface area (Å²) in [5.41, 5.74) is 3.01. The second kappa shape index (κ2) is 10.5. The maximum atomic E-state index is 14.1. The first-order valence-electron chi connectivity index (χ1n) is 15.3. The molecule has 3 atom stereocenters. The molecule has 2 aliphatic rings. The molecule has 1 aliphatic carbocycles. The molecule has 482 valence electrons. The minimum absolute atomic E-state index is 0. The average Bonchev–Trinajstić information content (AvgIpc) is 3.07. The van der Waals surface area contributed by atoms with E-state index < -0.39 is 0 Å². The van der Waals surface area contributed by atoms with Crippen LogP contribution in [-0.2, 0) is 5.54 Å². The predicted molar refractivity (Wildman–Crippen MR) is 443 cm³/mol. The van der Waals surface area contributed by atoms with Crippen molar-refractivity contribution in [1.29, 1.82) is 0 Å². The van der Waals surface area contributed by atoms with Gasteiger partial charge in [-0.3, -0.25) is 9.69 Å². The lowest BCUT2D eigenvalue weighted by atomic mass is 9.50. The van der Waals surface area contributed by atoms with Crippen molar-refractivity contribution in [1.82, 2.24) is 4.90 Å². The van der Waals surface area contributed by atoms with E-state index in [-0.39, 0.29) is 239 Å². The van der Waals surface area contributed by atoms with Crippen LogP contribution in [-0.4, -0.2) is 35.0 Å². The van der Waals surface area contributed by atoms with Crippen LogP contribution in [0.25, 0.3) is 0 Å². The van der Waals surface area contributed by atoms with E-state index in [1.807, 2.05) is 33.8 Å². The highest BCUT2D eigenvalue weighted by molar-refractivity contribution is 6.03. The number of fused-ring (bicyclic) bond motifs is 1. The van der Waals surface area contributed by atoms with Gasteiger partial charge in [-0.25, -0.2) is 0 Å². The Labute approximate surface area is 438 Å². The molecule has 4 rings (SSSR count). The van der Waals surface area contributed by atoms with Crippen LogP contribution in [0.5, 0.6) is 11.5 Å². The Bertz CT molecular complexity index is 1360. The zero-order chi connectivity index (χ0) is 29.8. The van der Waals surface area contributed by atoms with Gasteiger partial charge in [-0.1, -0.05) is 58.0 Å². The van der Waals surface area contributed by atoms with Gasteiger partial charge in [-0.05, 0) is 108 Å². The smallest absolute Gasteiger partial charge is 0.166 e. The number of piperidine rings is 1. The summed E-state index contributed by atoms with van der Waals surface area (Å²) in [4.78, 5) is 16.8. The van der Waals surface area contributed by atoms with Crippen LogP contribution < -0.4 is 9.47 Å². The van der Waals surface area contributed by atoms with Gasteiger partial charge in [0, 0.05) is 216 Å². The van der Waals surface area contributed by atoms with E-state index in [1.165, 1.54) is 5.56 Å². The maximum Gasteiger partial charge on any atom is 0.166 e. The Morgan fingerprint density at radius 2 is 1.50 bits per heavy atom. The number of ketones is 1. The quantitative estimate of drug-likeness (QED) is 0.266. The fourth-order valence-corrected chi connectivity index (χ4v) is 7.62. The molecule has 4 heteroatoms. The van der Waals surface area contributed by atoms with Gasteiger partial charge in [0.25, 0.3) is 0 Å². The predicted octanol–water partition coefficient (Wildman–Crippen LogP) is 41.2. The molecule has 1 fully saturated rings. The summed E-state index contributed by atoms with van der Waals surface area (Å²) in [6, 6.07) is 14.9. The number of benzene rings is 2. The minimum atomic E-state index is -0.101. The van der Waals surface area contributed by atoms with Crippen molar-refractivity contribution in [3.63, 3.8) is 0 Å². The van der Waals surface area contributed by atoms with Crippen LogP contribution in [0.15, 0.2) is 42.5 Å². The van der Waals surface area contributed by atoms with Gasteiger partial charge in [0.1, 0.15) is 0 Å². The SMILES string of the molecule is CC(C)Oc1cc2c(cc1OC(C)C)C(C)C(CC1(C)CCN(C(C)(C)c3ccccc3)C(C)(C)C1(C)C)C2=O.[HH].[HH].[HH].[HH].[HH].[HH].[HH].[HH].[HH].[HH].[HH].[HH].[HH].[HH].[HH].[HH].[HH].[HH].[HH].[HH].[HH].[HH].[HH].[HH].[HH].[HH].[HH].[HH].[HH].[HH].[HH].[HH].[HH].[HH].[HH].[HH].[HH].[HH].[HH].[HH].[HH].[HH].[HH].[HH].[HH].[HH].[HH].[HH].[HH].[HH].[HH].[HH].[HH].[HH].[HH].[HH].[HH].[HH].[HH].[HH].[HH].[HH].[HH].[HH].[HH].[HH].[HH].[HH].[HH].[HH].[HH].[HH].[HH].[HH].[HH].[HH].[HH].[HH].[HH].[HH].[HH].[HH].[HH].[HH].[HH].[HH].[HH].[HH].[HH].[HH].[HH].[HH].[HH].[HH].[HH].[HH].[HH].[HH].[HH].[HH].[HH].[HH].[HH].[HH].[HH].[HH].[HH].[HH].[HH].[HH].[HH].[HH].[HH].[HH].[HH].[HH].[HH].[HH].[HH].[HH].[HH].[HH].[HH].[HH].[HH].[HH].[HH].[HH].[HH].[HH].[HH]. The number of ether oxygens (including phenoxy) is 2. The van der Waals surface area contributed by atoms with E-state index in [9.17, 15) is 4.79 Å². The van der Waals surface area contributed by atoms with Gasteiger partial charge in [0.2, 0.25) is 0 Å². The van der Waals surface area contributed by atoms with E-state index in [0.29, 0.717) is 5.75 Å². The highest BCUT2D eigenvalue weighted by atomic mass is 16.5. The molecule has 1 heterocycles. The number of nitrogens with zero attached hydrogens (tertiary/aromatic N) is 1. The first-order valence-corrected chi connectivity index (χ1v) is 15.3. The zero-order valence-electron chi connectivity index (χ0n) is 27.1. The molecule has 0 saturated carbocycles. The average molecular weight is 812 g/mol. The molecule has 3 unspecified atom stereocenters. The Balaban J connectivity index is -0.00000000112. The molecule has 0 spiro atoms. The van der Waals surface area contributed by atoms with E-state index in [2.05, 4.69) is 96.7 Å². The Morgan fingerprint density at radius 3 is 2.05 bits per heavy atom. The molecule has 0 amide bonds. The van der Waals surface area contributed by atoms with Gasteiger partial charge in [0.15, 0.2) is 17.3 Å². The Hall–Kier alpha value is -2.33. The molecule has 0 N–H and O–H groups in total. The fraction of sp³-hybridized carbons (Fsp3) is 0.639. The second-order valence-electron chi connectivity index (χ2n) is 14.8. The van der Waals surface area contributed by atoms with E-state index >= 15 is 0 Å². The highest BCUT2D eigenvalue weighted by Crippen LogP contribution is 2.61. The summed E-state index contributed by atoms with van der Waals surface area (Å²) >= 11 is 0. The fourth-order valence-electron chi connectivity index (χ4n) is 7.62. The molecule has 4 nitrogen and oxygen atoms in total. The first kappa shape index (κ1) is 30.6. The topological polar surface area (TPSA) is 38.8 Å². The van der Waals surface area contributed by atoms with Crippen LogP contribution in [0.3, 0.4) is 0 Å². The number of carbonyl (C=O) groups excluding carboxylic acids is 1. The van der Waals surface area contributed by atoms with E-state index in [4.69, 9.17) is 9.47 Å². The third kappa shape index (κ3) is 4.99. The Kier molecular flexibility index (Phi) is 8.04. The summed E-state index contributed by atoms with van der Waals surface area (Å²) in [6.45, 7) is 28.1. The number of hydrogen-bond donors (Lipinski definition) is 0. The summed E-state index contributed by atoms with van der Waals surface area (Å²) < 4.78 is 12.3. The van der Waals surface area contributed by atoms with Gasteiger partial charge in [-0.2, -0.15) is 0 Å². The number of carbonyl (C=O) groups is 1. The molecular formula is C36H315NO3. The summed E-state index contributed by atoms with van der Waals surface area (Å²) in [6.07, 6.45) is 1.96. The van der Waals surface area contributed by atoms with Crippen molar-refractivity contribution < 1.29 is 201 Å².